The van der Waals surface area contributed by atoms with Crippen LogP contribution in [0, 0.1) is 18.3 Å². The Bertz CT molecular complexity index is 328. The lowest BCUT2D eigenvalue weighted by Crippen LogP contribution is -2.01. The predicted molar refractivity (Wildman–Crippen MR) is 49.3 cm³/mol. The van der Waals surface area contributed by atoms with Gasteiger partial charge >= 0.3 is 0 Å². The number of nitrogens with zero attached hydrogens (tertiary/aromatic N) is 2. The molecule has 68 valence electrons. The number of ether oxygens (including phenoxy) is 1. The summed E-state index contributed by atoms with van der Waals surface area (Å²) in [7, 11) is 1.64. The van der Waals surface area contributed by atoms with Crippen molar-refractivity contribution in [2.75, 3.05) is 13.7 Å². The van der Waals surface area contributed by atoms with E-state index in [1.54, 1.807) is 13.2 Å². The van der Waals surface area contributed by atoms with Gasteiger partial charge in [-0.3, -0.25) is 4.98 Å². The Balaban J connectivity index is 2.89. The smallest absolute Gasteiger partial charge is 0.101 e. The van der Waals surface area contributed by atoms with Crippen LogP contribution in [0.3, 0.4) is 0 Å². The Morgan fingerprint density at radius 1 is 1.54 bits per heavy atom. The third kappa shape index (κ3) is 2.53. The zero-order chi connectivity index (χ0) is 9.68. The standard InChI is InChI=1S/C10H12N2O/c1-8-3-4-9(7-11)10(12-8)5-6-13-2/h3-4H,5-6H2,1-2H3. The lowest BCUT2D eigenvalue weighted by molar-refractivity contribution is 0.201. The molecule has 1 heterocycles. The SMILES string of the molecule is COCCc1nc(C)ccc1C#N. The van der Waals surface area contributed by atoms with Gasteiger partial charge < -0.3 is 4.74 Å². The minimum absolute atomic E-state index is 0.602. The zero-order valence-corrected chi connectivity index (χ0v) is 7.87. The summed E-state index contributed by atoms with van der Waals surface area (Å²) in [5, 5.41) is 8.78. The highest BCUT2D eigenvalue weighted by atomic mass is 16.5. The number of hydrogen-bond acceptors (Lipinski definition) is 3. The number of methoxy groups -OCH3 is 1. The molecule has 0 amide bonds. The van der Waals surface area contributed by atoms with E-state index in [-0.39, 0.29) is 0 Å². The van der Waals surface area contributed by atoms with Crippen LogP contribution in [0.5, 0.6) is 0 Å². The second-order valence-corrected chi connectivity index (χ2v) is 2.80. The first-order valence-corrected chi connectivity index (χ1v) is 4.13. The molecular formula is C10H12N2O. The van der Waals surface area contributed by atoms with E-state index in [2.05, 4.69) is 11.1 Å². The maximum Gasteiger partial charge on any atom is 0.101 e. The Kier molecular flexibility index (Phi) is 3.41. The fourth-order valence-electron chi connectivity index (χ4n) is 1.10. The van der Waals surface area contributed by atoms with Crippen molar-refractivity contribution in [3.05, 3.63) is 29.1 Å². The number of nitriles is 1. The van der Waals surface area contributed by atoms with Gasteiger partial charge in [-0.15, -0.1) is 0 Å². The van der Waals surface area contributed by atoms with Gasteiger partial charge in [0.15, 0.2) is 0 Å². The van der Waals surface area contributed by atoms with Gasteiger partial charge in [-0.2, -0.15) is 5.26 Å². The number of rotatable bonds is 3. The highest BCUT2D eigenvalue weighted by Gasteiger charge is 2.02. The van der Waals surface area contributed by atoms with Crippen LogP contribution >= 0.6 is 0 Å². The first-order valence-electron chi connectivity index (χ1n) is 4.13. The van der Waals surface area contributed by atoms with Gasteiger partial charge in [0.2, 0.25) is 0 Å². The molecule has 1 aromatic heterocycles. The molecule has 0 spiro atoms. The van der Waals surface area contributed by atoms with E-state index in [0.717, 1.165) is 11.4 Å². The topological polar surface area (TPSA) is 45.9 Å². The van der Waals surface area contributed by atoms with Crippen molar-refractivity contribution in [1.82, 2.24) is 4.98 Å². The van der Waals surface area contributed by atoms with Crippen LogP contribution in [-0.2, 0) is 11.2 Å². The molecule has 0 aromatic carbocycles. The minimum Gasteiger partial charge on any atom is -0.384 e. The summed E-state index contributed by atoms with van der Waals surface area (Å²) in [6, 6.07) is 5.75. The van der Waals surface area contributed by atoms with E-state index in [0.29, 0.717) is 18.6 Å². The molecule has 1 aromatic rings. The fourth-order valence-corrected chi connectivity index (χ4v) is 1.10. The molecule has 0 saturated heterocycles. The first-order chi connectivity index (χ1) is 6.27. The molecule has 0 saturated carbocycles. The van der Waals surface area contributed by atoms with Gasteiger partial charge in [-0.05, 0) is 19.1 Å². The molecule has 0 N–H and O–H groups in total. The van der Waals surface area contributed by atoms with Gasteiger partial charge in [0.25, 0.3) is 0 Å². The van der Waals surface area contributed by atoms with Crippen LogP contribution in [0.25, 0.3) is 0 Å². The molecular weight excluding hydrogens is 164 g/mol. The summed E-state index contributed by atoms with van der Waals surface area (Å²) < 4.78 is 4.94. The monoisotopic (exact) mass is 176 g/mol. The van der Waals surface area contributed by atoms with Crippen LogP contribution in [0.15, 0.2) is 12.1 Å². The maximum atomic E-state index is 8.78. The highest BCUT2D eigenvalue weighted by Crippen LogP contribution is 2.06. The average Bonchev–Trinajstić information content (AvgIpc) is 2.15. The van der Waals surface area contributed by atoms with E-state index in [1.165, 1.54) is 0 Å². The van der Waals surface area contributed by atoms with Gasteiger partial charge in [0.1, 0.15) is 6.07 Å². The molecule has 3 heteroatoms. The Morgan fingerprint density at radius 3 is 2.92 bits per heavy atom. The molecule has 0 aliphatic heterocycles. The Labute approximate surface area is 78.0 Å². The second-order valence-electron chi connectivity index (χ2n) is 2.80. The van der Waals surface area contributed by atoms with Crippen molar-refractivity contribution in [3.63, 3.8) is 0 Å². The number of aryl methyl sites for hydroxylation is 1. The number of hydrogen-bond donors (Lipinski definition) is 0. The van der Waals surface area contributed by atoms with Crippen molar-refractivity contribution < 1.29 is 4.74 Å². The van der Waals surface area contributed by atoms with Crippen LogP contribution in [-0.4, -0.2) is 18.7 Å². The molecule has 0 unspecified atom stereocenters. The number of pyridine rings is 1. The third-order valence-electron chi connectivity index (χ3n) is 1.78. The fraction of sp³-hybridized carbons (Fsp3) is 0.400. The molecule has 0 atom stereocenters. The largest absolute Gasteiger partial charge is 0.384 e. The molecule has 1 rings (SSSR count). The highest BCUT2D eigenvalue weighted by molar-refractivity contribution is 5.34. The van der Waals surface area contributed by atoms with Gasteiger partial charge in [-0.1, -0.05) is 0 Å². The van der Waals surface area contributed by atoms with Crippen LogP contribution in [0.4, 0.5) is 0 Å². The molecule has 0 radical (unpaired) electrons. The van der Waals surface area contributed by atoms with E-state index in [9.17, 15) is 0 Å². The number of aromatic nitrogens is 1. The molecule has 13 heavy (non-hydrogen) atoms. The summed E-state index contributed by atoms with van der Waals surface area (Å²) in [6.07, 6.45) is 0.696. The average molecular weight is 176 g/mol. The summed E-state index contributed by atoms with van der Waals surface area (Å²) in [5.74, 6) is 0. The Morgan fingerprint density at radius 2 is 2.31 bits per heavy atom. The van der Waals surface area contributed by atoms with E-state index >= 15 is 0 Å². The maximum absolute atomic E-state index is 8.78. The Hall–Kier alpha value is -1.40. The lowest BCUT2D eigenvalue weighted by Gasteiger charge is -2.02. The lowest BCUT2D eigenvalue weighted by atomic mass is 10.1. The molecule has 3 nitrogen and oxygen atoms in total. The summed E-state index contributed by atoms with van der Waals surface area (Å²) in [6.45, 7) is 2.52. The minimum atomic E-state index is 0.602. The second kappa shape index (κ2) is 4.58. The summed E-state index contributed by atoms with van der Waals surface area (Å²) >= 11 is 0. The predicted octanol–water partition coefficient (Wildman–Crippen LogP) is 1.45. The molecule has 0 fully saturated rings. The molecule has 0 bridgehead atoms. The molecule has 0 aliphatic carbocycles. The third-order valence-corrected chi connectivity index (χ3v) is 1.78. The van der Waals surface area contributed by atoms with Crippen molar-refractivity contribution in [1.29, 1.82) is 5.26 Å². The quantitative estimate of drug-likeness (QED) is 0.700. The van der Waals surface area contributed by atoms with E-state index < -0.39 is 0 Å². The van der Waals surface area contributed by atoms with Crippen molar-refractivity contribution in [2.24, 2.45) is 0 Å². The van der Waals surface area contributed by atoms with Crippen LogP contribution in [0.2, 0.25) is 0 Å². The first kappa shape index (κ1) is 9.69. The zero-order valence-electron chi connectivity index (χ0n) is 7.87. The van der Waals surface area contributed by atoms with Crippen LogP contribution < -0.4 is 0 Å². The van der Waals surface area contributed by atoms with Gasteiger partial charge in [-0.25, -0.2) is 0 Å². The van der Waals surface area contributed by atoms with E-state index in [1.807, 2.05) is 13.0 Å². The van der Waals surface area contributed by atoms with Crippen LogP contribution in [0.1, 0.15) is 17.0 Å². The van der Waals surface area contributed by atoms with E-state index in [4.69, 9.17) is 10.00 Å². The van der Waals surface area contributed by atoms with Crippen molar-refractivity contribution >= 4 is 0 Å². The van der Waals surface area contributed by atoms with Crippen molar-refractivity contribution in [3.8, 4) is 6.07 Å². The van der Waals surface area contributed by atoms with Gasteiger partial charge in [0.05, 0.1) is 17.9 Å². The van der Waals surface area contributed by atoms with Gasteiger partial charge in [0, 0.05) is 19.2 Å². The molecule has 0 aliphatic rings. The summed E-state index contributed by atoms with van der Waals surface area (Å²) in [5.41, 5.74) is 2.40. The summed E-state index contributed by atoms with van der Waals surface area (Å²) in [4.78, 5) is 4.28. The van der Waals surface area contributed by atoms with Crippen molar-refractivity contribution in [2.45, 2.75) is 13.3 Å². The normalized spacial score (nSPS) is 9.62.